The number of carboxylic acid groups (broad SMARTS) is 1. The summed E-state index contributed by atoms with van der Waals surface area (Å²) in [4.78, 5) is 34.9. The van der Waals surface area contributed by atoms with Crippen LogP contribution in [0.15, 0.2) is 0 Å². The van der Waals surface area contributed by atoms with Gasteiger partial charge in [-0.1, -0.05) is 0 Å². The summed E-state index contributed by atoms with van der Waals surface area (Å²) in [5.74, 6) is -1.99. The first-order chi connectivity index (χ1) is 8.49. The Morgan fingerprint density at radius 2 is 2.17 bits per heavy atom. The molecule has 4 N–H and O–H groups in total. The van der Waals surface area contributed by atoms with Crippen molar-refractivity contribution in [1.82, 2.24) is 10.2 Å². The summed E-state index contributed by atoms with van der Waals surface area (Å²) in [7, 11) is 1.47. The van der Waals surface area contributed by atoms with Crippen molar-refractivity contribution in [2.75, 3.05) is 26.7 Å². The number of rotatable bonds is 5. The molecule has 0 bridgehead atoms. The second-order valence-electron chi connectivity index (χ2n) is 3.97. The largest absolute Gasteiger partial charge is 0.480 e. The number of carbonyl (C=O) groups excluding carboxylic acids is 2. The number of hydrogen-bond acceptors (Lipinski definition) is 5. The summed E-state index contributed by atoms with van der Waals surface area (Å²) in [5.41, 5.74) is 5.08. The molecule has 8 nitrogen and oxygen atoms in total. The molecule has 1 heterocycles. The van der Waals surface area contributed by atoms with Crippen molar-refractivity contribution in [3.8, 4) is 0 Å². The van der Waals surface area contributed by atoms with Crippen LogP contribution in [0.5, 0.6) is 0 Å². The van der Waals surface area contributed by atoms with Gasteiger partial charge in [-0.3, -0.25) is 9.59 Å². The van der Waals surface area contributed by atoms with Gasteiger partial charge in [0.2, 0.25) is 11.8 Å². The van der Waals surface area contributed by atoms with E-state index in [1.165, 1.54) is 12.0 Å². The standard InChI is InChI=1S/C10H17N3O5/c1-18-6-2-7(10(16)17)13(5-6)9(15)4-12-8(14)3-11/h6-7H,2-5,11H2,1H3,(H,12,14)(H,16,17). The van der Waals surface area contributed by atoms with Gasteiger partial charge < -0.3 is 25.8 Å². The maximum atomic E-state index is 11.8. The molecule has 1 fully saturated rings. The molecule has 0 spiro atoms. The van der Waals surface area contributed by atoms with Gasteiger partial charge in [-0.05, 0) is 0 Å². The summed E-state index contributed by atoms with van der Waals surface area (Å²) >= 11 is 0. The minimum atomic E-state index is -1.08. The van der Waals surface area contributed by atoms with E-state index in [-0.39, 0.29) is 32.2 Å². The van der Waals surface area contributed by atoms with Crippen LogP contribution in [0, 0.1) is 0 Å². The van der Waals surface area contributed by atoms with Crippen LogP contribution in [0.2, 0.25) is 0 Å². The van der Waals surface area contributed by atoms with Crippen molar-refractivity contribution in [2.45, 2.75) is 18.6 Å². The molecule has 0 aromatic rings. The predicted octanol–water partition coefficient (Wildman–Crippen LogP) is -2.24. The smallest absolute Gasteiger partial charge is 0.326 e. The zero-order chi connectivity index (χ0) is 13.7. The number of nitrogens with zero attached hydrogens (tertiary/aromatic N) is 1. The van der Waals surface area contributed by atoms with Crippen LogP contribution in [-0.2, 0) is 19.1 Å². The number of amides is 2. The van der Waals surface area contributed by atoms with E-state index >= 15 is 0 Å². The summed E-state index contributed by atoms with van der Waals surface area (Å²) in [6.45, 7) is -0.253. The SMILES string of the molecule is COC1CC(C(=O)O)N(C(=O)CNC(=O)CN)C1. The number of carbonyl (C=O) groups is 3. The highest BCUT2D eigenvalue weighted by molar-refractivity contribution is 5.88. The number of methoxy groups -OCH3 is 1. The molecule has 8 heteroatoms. The second kappa shape index (κ2) is 6.31. The molecule has 0 saturated carbocycles. The van der Waals surface area contributed by atoms with Crippen molar-refractivity contribution in [3.05, 3.63) is 0 Å². The van der Waals surface area contributed by atoms with Gasteiger partial charge in [0.05, 0.1) is 19.2 Å². The Balaban J connectivity index is 2.59. The maximum Gasteiger partial charge on any atom is 0.326 e. The first-order valence-electron chi connectivity index (χ1n) is 5.51. The van der Waals surface area contributed by atoms with Gasteiger partial charge >= 0.3 is 5.97 Å². The van der Waals surface area contributed by atoms with Crippen molar-refractivity contribution in [2.24, 2.45) is 5.73 Å². The van der Waals surface area contributed by atoms with Crippen molar-refractivity contribution in [1.29, 1.82) is 0 Å². The number of hydrogen-bond donors (Lipinski definition) is 3. The Hall–Kier alpha value is -1.67. The quantitative estimate of drug-likeness (QED) is 0.513. The Morgan fingerprint density at radius 3 is 2.67 bits per heavy atom. The van der Waals surface area contributed by atoms with E-state index in [0.29, 0.717) is 0 Å². The molecule has 0 aliphatic carbocycles. The molecule has 0 aromatic carbocycles. The Morgan fingerprint density at radius 1 is 1.50 bits per heavy atom. The number of ether oxygens (including phenoxy) is 1. The molecule has 0 aromatic heterocycles. The second-order valence-corrected chi connectivity index (χ2v) is 3.97. The highest BCUT2D eigenvalue weighted by Crippen LogP contribution is 2.20. The number of aliphatic carboxylic acids is 1. The zero-order valence-corrected chi connectivity index (χ0v) is 10.1. The predicted molar refractivity (Wildman–Crippen MR) is 60.6 cm³/mol. The third-order valence-electron chi connectivity index (χ3n) is 2.82. The minimum Gasteiger partial charge on any atom is -0.480 e. The number of carboxylic acids is 1. The van der Waals surface area contributed by atoms with Crippen LogP contribution in [-0.4, -0.2) is 66.7 Å². The van der Waals surface area contributed by atoms with Crippen molar-refractivity contribution >= 4 is 17.8 Å². The highest BCUT2D eigenvalue weighted by Gasteiger charge is 2.39. The normalized spacial score (nSPS) is 22.9. The highest BCUT2D eigenvalue weighted by atomic mass is 16.5. The molecule has 2 atom stereocenters. The van der Waals surface area contributed by atoms with E-state index in [1.54, 1.807) is 0 Å². The summed E-state index contributed by atoms with van der Waals surface area (Å²) in [5, 5.41) is 11.3. The lowest BCUT2D eigenvalue weighted by atomic mass is 10.2. The van der Waals surface area contributed by atoms with E-state index in [0.717, 1.165) is 0 Å². The van der Waals surface area contributed by atoms with Crippen LogP contribution >= 0.6 is 0 Å². The molecular formula is C10H17N3O5. The van der Waals surface area contributed by atoms with Crippen LogP contribution in [0.3, 0.4) is 0 Å². The van der Waals surface area contributed by atoms with Gasteiger partial charge in [-0.25, -0.2) is 4.79 Å². The zero-order valence-electron chi connectivity index (χ0n) is 10.1. The van der Waals surface area contributed by atoms with E-state index < -0.39 is 23.8 Å². The third kappa shape index (κ3) is 3.41. The van der Waals surface area contributed by atoms with Crippen LogP contribution in [0.1, 0.15) is 6.42 Å². The summed E-state index contributed by atoms with van der Waals surface area (Å²) in [6.07, 6.45) is -0.0390. The number of nitrogens with two attached hydrogens (primary N) is 1. The number of likely N-dealkylation sites (tertiary alicyclic amines) is 1. The van der Waals surface area contributed by atoms with Gasteiger partial charge in [0.25, 0.3) is 0 Å². The Labute approximate surface area is 104 Å². The molecule has 1 aliphatic rings. The molecule has 0 radical (unpaired) electrons. The van der Waals surface area contributed by atoms with Gasteiger partial charge in [-0.15, -0.1) is 0 Å². The van der Waals surface area contributed by atoms with Crippen LogP contribution in [0.4, 0.5) is 0 Å². The summed E-state index contributed by atoms with van der Waals surface area (Å²) < 4.78 is 5.05. The number of nitrogens with one attached hydrogen (secondary N) is 1. The first kappa shape index (κ1) is 14.4. The van der Waals surface area contributed by atoms with E-state index in [4.69, 9.17) is 15.6 Å². The topological polar surface area (TPSA) is 122 Å². The summed E-state index contributed by atoms with van der Waals surface area (Å²) in [6, 6.07) is -0.905. The fourth-order valence-corrected chi connectivity index (χ4v) is 1.83. The van der Waals surface area contributed by atoms with E-state index in [1.807, 2.05) is 0 Å². The average Bonchev–Trinajstić information content (AvgIpc) is 2.79. The van der Waals surface area contributed by atoms with Gasteiger partial charge in [-0.2, -0.15) is 0 Å². The third-order valence-corrected chi connectivity index (χ3v) is 2.82. The molecule has 1 rings (SSSR count). The Bertz CT molecular complexity index is 346. The monoisotopic (exact) mass is 259 g/mol. The van der Waals surface area contributed by atoms with E-state index in [2.05, 4.69) is 5.32 Å². The Kier molecular flexibility index (Phi) is 5.05. The lowest BCUT2D eigenvalue weighted by Gasteiger charge is -2.21. The molecule has 102 valence electrons. The molecule has 1 saturated heterocycles. The molecular weight excluding hydrogens is 242 g/mol. The molecule has 18 heavy (non-hydrogen) atoms. The van der Waals surface area contributed by atoms with Crippen molar-refractivity contribution in [3.63, 3.8) is 0 Å². The molecule has 2 amide bonds. The van der Waals surface area contributed by atoms with Crippen LogP contribution < -0.4 is 11.1 Å². The average molecular weight is 259 g/mol. The molecule has 2 unspecified atom stereocenters. The van der Waals surface area contributed by atoms with Gasteiger partial charge in [0, 0.05) is 20.1 Å². The van der Waals surface area contributed by atoms with Crippen molar-refractivity contribution < 1.29 is 24.2 Å². The fourth-order valence-electron chi connectivity index (χ4n) is 1.83. The minimum absolute atomic E-state index is 0.212. The van der Waals surface area contributed by atoms with Gasteiger partial charge in [0.1, 0.15) is 6.04 Å². The van der Waals surface area contributed by atoms with E-state index in [9.17, 15) is 14.4 Å². The maximum absolute atomic E-state index is 11.8. The van der Waals surface area contributed by atoms with Gasteiger partial charge in [0.15, 0.2) is 0 Å². The fraction of sp³-hybridized carbons (Fsp3) is 0.700. The lowest BCUT2D eigenvalue weighted by molar-refractivity contribution is -0.148. The lowest BCUT2D eigenvalue weighted by Crippen LogP contribution is -2.46. The molecule has 1 aliphatic heterocycles. The first-order valence-corrected chi connectivity index (χ1v) is 5.51. The van der Waals surface area contributed by atoms with Crippen LogP contribution in [0.25, 0.3) is 0 Å².